The van der Waals surface area contributed by atoms with E-state index in [1.54, 1.807) is 19.1 Å². The summed E-state index contributed by atoms with van der Waals surface area (Å²) < 4.78 is 29.5. The van der Waals surface area contributed by atoms with E-state index in [9.17, 15) is 13.2 Å². The molecule has 0 radical (unpaired) electrons. The van der Waals surface area contributed by atoms with Crippen molar-refractivity contribution in [2.24, 2.45) is 0 Å². The molecule has 0 spiro atoms. The molecule has 0 aliphatic carbocycles. The quantitative estimate of drug-likeness (QED) is 0.717. The van der Waals surface area contributed by atoms with Gasteiger partial charge in [0.25, 0.3) is 5.82 Å². The number of rotatable bonds is 2. The first-order valence-corrected chi connectivity index (χ1v) is 7.18. The van der Waals surface area contributed by atoms with Crippen LogP contribution in [0, 0.1) is 6.92 Å². The molecule has 1 aromatic rings. The van der Waals surface area contributed by atoms with Crippen molar-refractivity contribution < 1.29 is 22.9 Å². The van der Waals surface area contributed by atoms with E-state index in [-0.39, 0.29) is 5.75 Å². The summed E-state index contributed by atoms with van der Waals surface area (Å²) in [6, 6.07) is 3.16. The number of nitrogens with one attached hydrogen (secondary N) is 1. The molecule has 0 unspecified atom stereocenters. The van der Waals surface area contributed by atoms with Gasteiger partial charge in [-0.05, 0) is 13.0 Å². The summed E-state index contributed by atoms with van der Waals surface area (Å²) >= 11 is 0. The maximum absolute atomic E-state index is 11.8. The largest absolute Gasteiger partial charge is 0.465 e. The second-order valence-corrected chi connectivity index (χ2v) is 6.13. The number of methoxy groups -OCH3 is 1. The molecule has 1 fully saturated rings. The molecule has 1 saturated heterocycles. The molecular weight excluding hydrogens is 256 g/mol. The van der Waals surface area contributed by atoms with Gasteiger partial charge in [-0.15, -0.1) is 0 Å². The molecule has 0 bridgehead atoms. The molecule has 0 amide bonds. The molecule has 6 nitrogen and oxygen atoms in total. The fourth-order valence-electron chi connectivity index (χ4n) is 1.98. The van der Waals surface area contributed by atoms with Crippen LogP contribution in [0.1, 0.15) is 22.5 Å². The first-order valence-electron chi connectivity index (χ1n) is 5.57. The van der Waals surface area contributed by atoms with Gasteiger partial charge < -0.3 is 4.74 Å². The molecule has 98 valence electrons. The van der Waals surface area contributed by atoms with Gasteiger partial charge in [0.05, 0.1) is 12.9 Å². The number of sulfonamides is 1. The van der Waals surface area contributed by atoms with Gasteiger partial charge in [-0.1, -0.05) is 0 Å². The van der Waals surface area contributed by atoms with Crippen LogP contribution >= 0.6 is 0 Å². The Morgan fingerprint density at radius 2 is 2.17 bits per heavy atom. The third kappa shape index (κ3) is 2.17. The van der Waals surface area contributed by atoms with Gasteiger partial charge in [0.1, 0.15) is 17.8 Å². The normalized spacial score (nSPS) is 17.8. The van der Waals surface area contributed by atoms with Gasteiger partial charge in [-0.2, -0.15) is 12.7 Å². The van der Waals surface area contributed by atoms with Crippen molar-refractivity contribution >= 4 is 21.8 Å². The Hall–Kier alpha value is -1.63. The number of hydrogen-bond acceptors (Lipinski definition) is 4. The van der Waals surface area contributed by atoms with Crippen LogP contribution in [0.25, 0.3) is 0 Å². The molecule has 1 N–H and O–H groups in total. The molecular formula is C11H15N2O4S+. The Morgan fingerprint density at radius 3 is 2.67 bits per heavy atom. The zero-order valence-electron chi connectivity index (χ0n) is 10.3. The molecule has 7 heteroatoms. The van der Waals surface area contributed by atoms with E-state index in [1.165, 1.54) is 11.4 Å². The van der Waals surface area contributed by atoms with Crippen molar-refractivity contribution in [1.82, 2.24) is 0 Å². The van der Waals surface area contributed by atoms with E-state index < -0.39 is 16.0 Å². The summed E-state index contributed by atoms with van der Waals surface area (Å²) in [5.41, 5.74) is 0.985. The molecule has 0 aromatic carbocycles. The van der Waals surface area contributed by atoms with E-state index in [4.69, 9.17) is 0 Å². The number of aromatic amines is 1. The van der Waals surface area contributed by atoms with E-state index in [0.717, 1.165) is 0 Å². The molecule has 18 heavy (non-hydrogen) atoms. The van der Waals surface area contributed by atoms with Crippen LogP contribution in [-0.4, -0.2) is 33.8 Å². The number of hydrogen-bond donors (Lipinski definition) is 0. The molecule has 0 atom stereocenters. The van der Waals surface area contributed by atoms with E-state index >= 15 is 0 Å². The van der Waals surface area contributed by atoms with Gasteiger partial charge in [-0.3, -0.25) is 0 Å². The van der Waals surface area contributed by atoms with Crippen molar-refractivity contribution in [3.8, 4) is 0 Å². The topological polar surface area (TPSA) is 77.8 Å². The summed E-state index contributed by atoms with van der Waals surface area (Å²) in [6.45, 7) is 2.17. The number of ether oxygens (including phenoxy) is 1. The van der Waals surface area contributed by atoms with Crippen LogP contribution < -0.4 is 9.29 Å². The number of nitrogens with zero attached hydrogens (tertiary/aromatic N) is 1. The fraction of sp³-hybridized carbons (Fsp3) is 0.455. The number of carbonyl (C=O) groups is 1. The standard InChI is InChI=1S/C11H14N2O4S/c1-8-9(11(14)17-2)4-5-10(12-8)13-6-3-7-18(13,15)16/h4-5H,3,6-7H2,1-2H3/p+1. The van der Waals surface area contributed by atoms with Gasteiger partial charge in [0.15, 0.2) is 0 Å². The summed E-state index contributed by atoms with van der Waals surface area (Å²) in [6.07, 6.45) is 0.619. The van der Waals surface area contributed by atoms with Crippen molar-refractivity contribution in [1.29, 1.82) is 0 Å². The van der Waals surface area contributed by atoms with Crippen LogP contribution in [-0.2, 0) is 14.8 Å². The Balaban J connectivity index is 2.38. The fourth-order valence-corrected chi connectivity index (χ4v) is 3.50. The lowest BCUT2D eigenvalue weighted by atomic mass is 10.2. The first-order chi connectivity index (χ1) is 8.45. The second kappa shape index (κ2) is 4.56. The SMILES string of the molecule is COC(=O)c1ccc(N2CCCS2(=O)=O)[nH+]c1C. The van der Waals surface area contributed by atoms with Crippen molar-refractivity contribution in [2.45, 2.75) is 13.3 Å². The average molecular weight is 271 g/mol. The predicted molar refractivity (Wildman–Crippen MR) is 64.8 cm³/mol. The van der Waals surface area contributed by atoms with E-state index in [2.05, 4.69) is 9.72 Å². The number of aromatic nitrogens is 1. The maximum atomic E-state index is 11.8. The summed E-state index contributed by atoms with van der Waals surface area (Å²) in [5.74, 6) is 0.204. The summed E-state index contributed by atoms with van der Waals surface area (Å²) in [7, 11) is -1.90. The number of aryl methyl sites for hydroxylation is 1. The maximum Gasteiger partial charge on any atom is 0.341 e. The third-order valence-electron chi connectivity index (χ3n) is 2.90. The number of anilines is 1. The minimum atomic E-state index is -3.21. The van der Waals surface area contributed by atoms with Gasteiger partial charge in [-0.25, -0.2) is 9.78 Å². The highest BCUT2D eigenvalue weighted by atomic mass is 32.2. The molecule has 1 aliphatic heterocycles. The average Bonchev–Trinajstić information content (AvgIpc) is 2.68. The van der Waals surface area contributed by atoms with Crippen molar-refractivity contribution in [2.75, 3.05) is 23.7 Å². The highest BCUT2D eigenvalue weighted by Gasteiger charge is 2.36. The number of carbonyl (C=O) groups excluding carboxylic acids is 1. The highest BCUT2D eigenvalue weighted by Crippen LogP contribution is 2.20. The highest BCUT2D eigenvalue weighted by molar-refractivity contribution is 7.93. The Labute approximate surface area is 106 Å². The minimum absolute atomic E-state index is 0.165. The van der Waals surface area contributed by atoms with Crippen LogP contribution in [0.15, 0.2) is 12.1 Å². The second-order valence-electron chi connectivity index (χ2n) is 4.12. The minimum Gasteiger partial charge on any atom is -0.465 e. The molecule has 1 aromatic heterocycles. The summed E-state index contributed by atoms with van der Waals surface area (Å²) in [5, 5.41) is 0. The van der Waals surface area contributed by atoms with Crippen LogP contribution in [0.2, 0.25) is 0 Å². The Kier molecular flexibility index (Phi) is 3.25. The monoisotopic (exact) mass is 271 g/mol. The molecule has 2 rings (SSSR count). The molecule has 1 aliphatic rings. The van der Waals surface area contributed by atoms with Crippen LogP contribution in [0.5, 0.6) is 0 Å². The van der Waals surface area contributed by atoms with E-state index in [1.807, 2.05) is 0 Å². The number of esters is 1. The van der Waals surface area contributed by atoms with Gasteiger partial charge in [0, 0.05) is 12.5 Å². The van der Waals surface area contributed by atoms with Gasteiger partial charge in [0.2, 0.25) is 0 Å². The lowest BCUT2D eigenvalue weighted by Crippen LogP contribution is -2.32. The zero-order valence-corrected chi connectivity index (χ0v) is 11.1. The van der Waals surface area contributed by atoms with Crippen molar-refractivity contribution in [3.63, 3.8) is 0 Å². The molecule has 0 saturated carbocycles. The third-order valence-corrected chi connectivity index (χ3v) is 4.76. The smallest absolute Gasteiger partial charge is 0.341 e. The molecule has 2 heterocycles. The van der Waals surface area contributed by atoms with Crippen LogP contribution in [0.4, 0.5) is 5.82 Å². The van der Waals surface area contributed by atoms with Crippen molar-refractivity contribution in [3.05, 3.63) is 23.4 Å². The Morgan fingerprint density at radius 1 is 1.44 bits per heavy atom. The number of pyridine rings is 1. The first kappa shape index (κ1) is 12.8. The van der Waals surface area contributed by atoms with E-state index in [0.29, 0.717) is 30.0 Å². The number of H-pyrrole nitrogens is 1. The lowest BCUT2D eigenvalue weighted by Gasteiger charge is -2.09. The van der Waals surface area contributed by atoms with Gasteiger partial charge >= 0.3 is 16.0 Å². The summed E-state index contributed by atoms with van der Waals surface area (Å²) in [4.78, 5) is 14.4. The zero-order chi connectivity index (χ0) is 13.3. The Bertz CT molecular complexity index is 583. The van der Waals surface area contributed by atoms with Crippen LogP contribution in [0.3, 0.4) is 0 Å². The lowest BCUT2D eigenvalue weighted by molar-refractivity contribution is -0.372. The predicted octanol–water partition coefficient (Wildman–Crippen LogP) is 0.136.